The summed E-state index contributed by atoms with van der Waals surface area (Å²) in [5, 5.41) is 0.325. The lowest BCUT2D eigenvalue weighted by Crippen LogP contribution is -2.03. The molecule has 0 aliphatic carbocycles. The number of hydrogen-bond acceptors (Lipinski definition) is 5. The van der Waals surface area contributed by atoms with Crippen LogP contribution in [0.15, 0.2) is 0 Å². The van der Waals surface area contributed by atoms with E-state index in [2.05, 4.69) is 10.5 Å². The minimum absolute atomic E-state index is 0.00292. The van der Waals surface area contributed by atoms with Crippen molar-refractivity contribution in [3.63, 3.8) is 0 Å². The van der Waals surface area contributed by atoms with E-state index in [1.165, 1.54) is 6.29 Å². The van der Waals surface area contributed by atoms with Crippen molar-refractivity contribution in [2.75, 3.05) is 6.61 Å². The Kier molecular flexibility index (Phi) is 2.93. The first-order valence-corrected chi connectivity index (χ1v) is 4.03. The van der Waals surface area contributed by atoms with Gasteiger partial charge < -0.3 is 4.74 Å². The number of Topliss-reactive ketones (excluding diaryl/α,β-unsaturated/α-hetero) is 1. The number of carbonyl (C=O) groups excluding carboxylic acids is 2. The van der Waals surface area contributed by atoms with E-state index in [0.717, 1.165) is 11.3 Å². The highest BCUT2D eigenvalue weighted by molar-refractivity contribution is 7.11. The van der Waals surface area contributed by atoms with Gasteiger partial charge in [-0.25, -0.2) is 4.98 Å². The molecule has 0 aliphatic heterocycles. The lowest BCUT2D eigenvalue weighted by molar-refractivity contribution is 0.105. The zero-order valence-corrected chi connectivity index (χ0v) is 7.10. The number of thiazole rings is 1. The number of ketones is 1. The van der Waals surface area contributed by atoms with Crippen molar-refractivity contribution in [1.29, 1.82) is 0 Å². The molecule has 0 amide bonds. The largest absolute Gasteiger partial charge is 0.482 e. The third-order valence-electron chi connectivity index (χ3n) is 1.07. The number of aromatic nitrogens is 1. The molecule has 0 fully saturated rings. The molecule has 1 rings (SSSR count). The highest BCUT2D eigenvalue weighted by Gasteiger charge is 2.15. The lowest BCUT2D eigenvalue weighted by atomic mass is 10.3. The second-order valence-electron chi connectivity index (χ2n) is 1.81. The number of hydrogen-bond donors (Lipinski definition) is 0. The van der Waals surface area contributed by atoms with Crippen molar-refractivity contribution < 1.29 is 14.3 Å². The summed E-state index contributed by atoms with van der Waals surface area (Å²) >= 11 is 1.06. The Hall–Kier alpha value is -1.23. The lowest BCUT2D eigenvalue weighted by Gasteiger charge is -1.97. The van der Waals surface area contributed by atoms with Crippen LogP contribution in [0.5, 0.6) is 5.06 Å². The van der Waals surface area contributed by atoms with Crippen molar-refractivity contribution in [2.24, 2.45) is 0 Å². The Morgan fingerprint density at radius 3 is 3.17 bits per heavy atom. The Morgan fingerprint density at radius 2 is 2.58 bits per heavy atom. The van der Waals surface area contributed by atoms with Gasteiger partial charge in [-0.3, -0.25) is 9.59 Å². The van der Waals surface area contributed by atoms with Crippen LogP contribution in [0.1, 0.15) is 17.4 Å². The van der Waals surface area contributed by atoms with Gasteiger partial charge in [0.05, 0.1) is 6.61 Å². The van der Waals surface area contributed by atoms with Crippen molar-refractivity contribution in [1.82, 2.24) is 4.98 Å². The van der Waals surface area contributed by atoms with Gasteiger partial charge in [-0.05, 0) is 6.92 Å². The van der Waals surface area contributed by atoms with Gasteiger partial charge in [0.15, 0.2) is 11.2 Å². The molecule has 0 unspecified atom stereocenters. The molecule has 4 nitrogen and oxygen atoms in total. The van der Waals surface area contributed by atoms with Gasteiger partial charge in [0.1, 0.15) is 0 Å². The van der Waals surface area contributed by atoms with Gasteiger partial charge in [-0.2, -0.15) is 0 Å². The van der Waals surface area contributed by atoms with E-state index in [9.17, 15) is 9.59 Å². The normalized spacial score (nSPS) is 9.42. The molecular weight excluding hydrogens is 178 g/mol. The van der Waals surface area contributed by atoms with Crippen molar-refractivity contribution >= 4 is 23.4 Å². The van der Waals surface area contributed by atoms with E-state index in [-0.39, 0.29) is 5.69 Å². The molecule has 5 heteroatoms. The Labute approximate surface area is 73.2 Å². The van der Waals surface area contributed by atoms with Gasteiger partial charge in [0.2, 0.25) is 5.06 Å². The third kappa shape index (κ3) is 1.68. The predicted octanol–water partition coefficient (Wildman–Crippen LogP) is 0.634. The summed E-state index contributed by atoms with van der Waals surface area (Å²) in [6.45, 7) is 2.20. The number of ether oxygens (including phenoxy) is 1. The van der Waals surface area contributed by atoms with Gasteiger partial charge in [0, 0.05) is 0 Å². The van der Waals surface area contributed by atoms with Crippen LogP contribution in [-0.4, -0.2) is 23.7 Å². The SMILES string of the molecule is CCOc1s[c]nc1C(=O)[C]=O. The van der Waals surface area contributed by atoms with Crippen LogP contribution < -0.4 is 4.74 Å². The number of rotatable bonds is 4. The Bertz CT molecular complexity index is 295. The first-order valence-electron chi connectivity index (χ1n) is 3.21. The van der Waals surface area contributed by atoms with Crippen LogP contribution in [0.4, 0.5) is 0 Å². The van der Waals surface area contributed by atoms with Crippen molar-refractivity contribution in [3.05, 3.63) is 11.2 Å². The minimum Gasteiger partial charge on any atom is -0.482 e. The van der Waals surface area contributed by atoms with E-state index in [1.807, 2.05) is 0 Å². The van der Waals surface area contributed by atoms with Gasteiger partial charge in [0.25, 0.3) is 12.1 Å². The molecule has 0 spiro atoms. The number of carbonyl (C=O) groups is 1. The van der Waals surface area contributed by atoms with Crippen LogP contribution in [0.2, 0.25) is 0 Å². The second-order valence-corrected chi connectivity index (χ2v) is 2.56. The molecule has 0 saturated carbocycles. The monoisotopic (exact) mass is 183 g/mol. The third-order valence-corrected chi connectivity index (χ3v) is 1.75. The molecule has 0 N–H and O–H groups in total. The van der Waals surface area contributed by atoms with E-state index < -0.39 is 5.78 Å². The summed E-state index contributed by atoms with van der Waals surface area (Å²) in [6.07, 6.45) is 1.22. The Morgan fingerprint density at radius 1 is 1.83 bits per heavy atom. The number of nitrogens with zero attached hydrogens (tertiary/aromatic N) is 1. The summed E-state index contributed by atoms with van der Waals surface area (Å²) in [5.41, 5.74) is 2.46. The van der Waals surface area contributed by atoms with E-state index in [1.54, 1.807) is 6.92 Å². The van der Waals surface area contributed by atoms with Crippen molar-refractivity contribution in [3.8, 4) is 5.06 Å². The fraction of sp³-hybridized carbons (Fsp3) is 0.286. The van der Waals surface area contributed by atoms with E-state index in [4.69, 9.17) is 4.74 Å². The summed E-state index contributed by atoms with van der Waals surface area (Å²) in [7, 11) is 0. The van der Waals surface area contributed by atoms with E-state index >= 15 is 0 Å². The Balaban J connectivity index is 2.90. The predicted molar refractivity (Wildman–Crippen MR) is 42.1 cm³/mol. The van der Waals surface area contributed by atoms with Crippen molar-refractivity contribution in [2.45, 2.75) is 6.92 Å². The highest BCUT2D eigenvalue weighted by atomic mass is 32.1. The standard InChI is InChI=1S/C7H5NO3S/c1-2-11-7-6(5(10)3-9)8-4-12-7/h2H2,1H3. The molecule has 0 aliphatic rings. The maximum Gasteiger partial charge on any atom is 0.279 e. The molecule has 0 aromatic carbocycles. The zero-order valence-electron chi connectivity index (χ0n) is 6.29. The molecule has 2 radical (unpaired) electrons. The van der Waals surface area contributed by atoms with Gasteiger partial charge in [-0.15, -0.1) is 0 Å². The first kappa shape index (κ1) is 8.86. The van der Waals surface area contributed by atoms with E-state index in [0.29, 0.717) is 11.7 Å². The first-order chi connectivity index (χ1) is 5.79. The molecule has 62 valence electrons. The fourth-order valence-electron chi connectivity index (χ4n) is 0.625. The molecule has 0 saturated heterocycles. The average Bonchev–Trinajstić information content (AvgIpc) is 2.52. The fourth-order valence-corrected chi connectivity index (χ4v) is 1.26. The summed E-state index contributed by atoms with van der Waals surface area (Å²) in [5.74, 6) is -0.795. The quantitative estimate of drug-likeness (QED) is 0.507. The van der Waals surface area contributed by atoms with Gasteiger partial charge >= 0.3 is 0 Å². The van der Waals surface area contributed by atoms with Crippen LogP contribution >= 0.6 is 11.3 Å². The topological polar surface area (TPSA) is 56.3 Å². The molecule has 0 atom stereocenters. The molecule has 12 heavy (non-hydrogen) atoms. The molecule has 1 aromatic rings. The second kappa shape index (κ2) is 3.96. The smallest absolute Gasteiger partial charge is 0.279 e. The molecule has 1 aromatic heterocycles. The average molecular weight is 183 g/mol. The maximum absolute atomic E-state index is 10.8. The van der Waals surface area contributed by atoms with Crippen LogP contribution in [-0.2, 0) is 4.79 Å². The molecule has 1 heterocycles. The van der Waals surface area contributed by atoms with Gasteiger partial charge in [-0.1, -0.05) is 11.3 Å². The minimum atomic E-state index is -0.795. The van der Waals surface area contributed by atoms with Crippen LogP contribution in [0.25, 0.3) is 0 Å². The van der Waals surface area contributed by atoms with Crippen LogP contribution in [0.3, 0.4) is 0 Å². The maximum atomic E-state index is 10.8. The zero-order chi connectivity index (χ0) is 8.97. The highest BCUT2D eigenvalue weighted by Crippen LogP contribution is 2.22. The summed E-state index contributed by atoms with van der Waals surface area (Å²) in [6, 6.07) is 0. The summed E-state index contributed by atoms with van der Waals surface area (Å²) in [4.78, 5) is 24.3. The molecule has 0 bridgehead atoms. The van der Waals surface area contributed by atoms with Crippen LogP contribution in [0, 0.1) is 5.51 Å². The molecular formula is C7H5NO3S. The summed E-state index contributed by atoms with van der Waals surface area (Å²) < 4.78 is 5.03.